The van der Waals surface area contributed by atoms with E-state index >= 15 is 0 Å². The van der Waals surface area contributed by atoms with Crippen LogP contribution in [0.25, 0.3) is 33.2 Å². The summed E-state index contributed by atoms with van der Waals surface area (Å²) in [5, 5.41) is 16.0. The number of halogens is 3. The van der Waals surface area contributed by atoms with E-state index < -0.39 is 24.5 Å². The monoisotopic (exact) mass is 817 g/mol. The summed E-state index contributed by atoms with van der Waals surface area (Å²) in [6.45, 7) is 5.78. The number of aromatic nitrogens is 5. The predicted octanol–water partition coefficient (Wildman–Crippen LogP) is 4.90. The molecule has 1 saturated carbocycles. The van der Waals surface area contributed by atoms with Crippen LogP contribution in [-0.2, 0) is 34.5 Å². The maximum atomic E-state index is 13.2. The first-order chi connectivity index (χ1) is 28.4. The highest BCUT2D eigenvalue weighted by molar-refractivity contribution is 6.00. The number of carbonyl (C=O) groups is 2. The number of nitrogens with zero attached hydrogens (tertiary/aromatic N) is 7. The van der Waals surface area contributed by atoms with Gasteiger partial charge in [0.15, 0.2) is 0 Å². The number of carbonyl (C=O) groups excluding carboxylic acids is 2. The summed E-state index contributed by atoms with van der Waals surface area (Å²) in [6.07, 6.45) is 1.61. The number of ether oxygens (including phenoxy) is 1. The fraction of sp³-hybridized carbons (Fsp3) is 0.500. The van der Waals surface area contributed by atoms with Crippen molar-refractivity contribution in [1.29, 1.82) is 0 Å². The molecule has 1 atom stereocenters. The molecule has 0 spiro atoms. The molecule has 2 aliphatic heterocycles. The topological polar surface area (TPSA) is 152 Å². The number of para-hydroxylation sites is 1. The number of alkyl halides is 3. The summed E-state index contributed by atoms with van der Waals surface area (Å²) in [5.41, 5.74) is 5.75. The minimum Gasteiger partial charge on any atom is -0.393 e. The summed E-state index contributed by atoms with van der Waals surface area (Å²) in [5.74, 6) is -0.619. The summed E-state index contributed by atoms with van der Waals surface area (Å²) in [6, 6.07) is 13.5. The maximum Gasteiger partial charge on any atom is 0.390 e. The number of nitrogens with one attached hydrogen (secondary N) is 2. The number of amides is 2. The van der Waals surface area contributed by atoms with E-state index in [-0.39, 0.29) is 49.1 Å². The van der Waals surface area contributed by atoms with Crippen LogP contribution in [-0.4, -0.2) is 109 Å². The Kier molecular flexibility index (Phi) is 11.9. The van der Waals surface area contributed by atoms with Crippen molar-refractivity contribution in [3.8, 4) is 11.1 Å². The number of anilines is 1. The average molecular weight is 818 g/mol. The molecule has 0 bridgehead atoms. The van der Waals surface area contributed by atoms with Crippen molar-refractivity contribution < 1.29 is 32.6 Å². The molecule has 3 N–H and O–H groups in total. The van der Waals surface area contributed by atoms with Crippen LogP contribution in [0.4, 0.5) is 19.1 Å². The second kappa shape index (κ2) is 17.2. The maximum absolute atomic E-state index is 13.2. The molecule has 2 saturated heterocycles. The van der Waals surface area contributed by atoms with Crippen molar-refractivity contribution in [3.63, 3.8) is 0 Å². The minimum atomic E-state index is -4.27. The minimum absolute atomic E-state index is 0.121. The summed E-state index contributed by atoms with van der Waals surface area (Å²) in [7, 11) is 1.69. The highest BCUT2D eigenvalue weighted by Crippen LogP contribution is 2.37. The molecule has 8 rings (SSSR count). The number of piperidine rings is 1. The van der Waals surface area contributed by atoms with Crippen molar-refractivity contribution in [3.05, 3.63) is 76.5 Å². The number of imidazole rings is 1. The van der Waals surface area contributed by atoms with Crippen LogP contribution in [0.15, 0.2) is 59.7 Å². The summed E-state index contributed by atoms with van der Waals surface area (Å²) in [4.78, 5) is 51.4. The zero-order valence-electron chi connectivity index (χ0n) is 33.1. The van der Waals surface area contributed by atoms with Crippen molar-refractivity contribution >= 4 is 39.8 Å². The molecule has 5 aromatic rings. The molecular formula is C42H50F3N9O5. The molecule has 59 heavy (non-hydrogen) atoms. The Morgan fingerprint density at radius 3 is 2.44 bits per heavy atom. The van der Waals surface area contributed by atoms with E-state index in [0.717, 1.165) is 79.7 Å². The molecular weight excluding hydrogens is 768 g/mol. The fourth-order valence-corrected chi connectivity index (χ4v) is 8.74. The number of rotatable bonds is 13. The third-order valence-corrected chi connectivity index (χ3v) is 12.0. The Morgan fingerprint density at radius 1 is 0.966 bits per heavy atom. The number of aliphatic hydroxyl groups is 1. The van der Waals surface area contributed by atoms with Gasteiger partial charge in [-0.2, -0.15) is 18.2 Å². The van der Waals surface area contributed by atoms with E-state index in [4.69, 9.17) is 4.74 Å². The molecule has 0 unspecified atom stereocenters. The van der Waals surface area contributed by atoms with Gasteiger partial charge < -0.3 is 19.7 Å². The normalized spacial score (nSPS) is 21.1. The van der Waals surface area contributed by atoms with Crippen LogP contribution >= 0.6 is 0 Å². The molecule has 3 fully saturated rings. The Hall–Kier alpha value is -5.10. The van der Waals surface area contributed by atoms with E-state index in [0.29, 0.717) is 37.2 Å². The number of benzene rings is 2. The molecule has 3 aliphatic rings. The van der Waals surface area contributed by atoms with Crippen LogP contribution in [0.5, 0.6) is 0 Å². The van der Waals surface area contributed by atoms with E-state index in [1.165, 1.54) is 10.1 Å². The van der Waals surface area contributed by atoms with Crippen LogP contribution in [0, 0.1) is 0 Å². The van der Waals surface area contributed by atoms with E-state index in [1.807, 2.05) is 18.2 Å². The predicted molar refractivity (Wildman–Crippen MR) is 216 cm³/mol. The Balaban J connectivity index is 0.848. The molecule has 2 amide bonds. The van der Waals surface area contributed by atoms with Gasteiger partial charge in [0.2, 0.25) is 17.8 Å². The van der Waals surface area contributed by atoms with Crippen molar-refractivity contribution in [1.82, 2.24) is 38.8 Å². The Bertz CT molecular complexity index is 2360. The third kappa shape index (κ3) is 9.07. The fourth-order valence-electron chi connectivity index (χ4n) is 8.74. The van der Waals surface area contributed by atoms with Crippen LogP contribution in [0.3, 0.4) is 0 Å². The summed E-state index contributed by atoms with van der Waals surface area (Å²) < 4.78 is 49.6. The van der Waals surface area contributed by atoms with Gasteiger partial charge in [0.25, 0.3) is 0 Å². The van der Waals surface area contributed by atoms with Gasteiger partial charge in [-0.1, -0.05) is 36.4 Å². The van der Waals surface area contributed by atoms with E-state index in [9.17, 15) is 32.7 Å². The van der Waals surface area contributed by atoms with Crippen molar-refractivity contribution in [2.45, 2.75) is 82.5 Å². The van der Waals surface area contributed by atoms with Crippen molar-refractivity contribution in [2.75, 3.05) is 51.2 Å². The average Bonchev–Trinajstić information content (AvgIpc) is 3.71. The van der Waals surface area contributed by atoms with Crippen molar-refractivity contribution in [2.24, 2.45) is 7.05 Å². The Morgan fingerprint density at radius 2 is 1.71 bits per heavy atom. The lowest BCUT2D eigenvalue weighted by molar-refractivity contribution is -0.136. The number of fused-ring (bicyclic) bond motifs is 2. The lowest BCUT2D eigenvalue weighted by atomic mass is 9.93. The van der Waals surface area contributed by atoms with Gasteiger partial charge in [-0.15, -0.1) is 0 Å². The molecule has 314 valence electrons. The number of aryl methyl sites for hydroxylation is 1. The SMILES string of the molecule is Cn1c(=O)n([C@H]2CCC(=O)NC2=O)c2cccc(COCCN3CCN(Cc4ccc(-c5cn([C@H]6CC[C@H](O)CC6)c6nc(NCCC(F)(F)F)ncc56)cc4)CC3)c21. The number of aliphatic hydroxyl groups excluding tert-OH is 1. The van der Waals surface area contributed by atoms with Gasteiger partial charge in [0, 0.05) is 94.2 Å². The smallest absolute Gasteiger partial charge is 0.390 e. The summed E-state index contributed by atoms with van der Waals surface area (Å²) >= 11 is 0. The highest BCUT2D eigenvalue weighted by atomic mass is 19.4. The second-order valence-corrected chi connectivity index (χ2v) is 16.0. The molecule has 3 aromatic heterocycles. The lowest BCUT2D eigenvalue weighted by Gasteiger charge is -2.34. The number of imide groups is 1. The number of hydrogen-bond acceptors (Lipinski definition) is 10. The Labute approximate surface area is 339 Å². The first-order valence-corrected chi connectivity index (χ1v) is 20.4. The van der Waals surface area contributed by atoms with Crippen LogP contribution < -0.4 is 16.3 Å². The molecule has 1 aliphatic carbocycles. The van der Waals surface area contributed by atoms with Gasteiger partial charge in [-0.05, 0) is 49.3 Å². The third-order valence-electron chi connectivity index (χ3n) is 12.0. The first kappa shape index (κ1) is 40.7. The quantitative estimate of drug-likeness (QED) is 0.111. The zero-order chi connectivity index (χ0) is 41.3. The van der Waals surface area contributed by atoms with Crippen LogP contribution in [0.2, 0.25) is 0 Å². The number of piperazine rings is 1. The standard InChI is InChI=1S/C42H50F3N9O5/c1-50-37-29(3-2-4-34(37)54(41(50)58)35-13-14-36(56)48-39(35)57)26-59-22-21-51-17-19-52(20-18-51)24-27-5-7-28(8-6-27)33-25-53(30-9-11-31(55)12-10-30)38-32(33)23-47-40(49-38)46-16-15-42(43,44)45/h2-8,23,25,30-31,35,55H,9-22,24,26H2,1H3,(H,46,47,49)(H,48,56,57)/t30-,31-,35-/m0/s1. The van der Waals surface area contributed by atoms with Gasteiger partial charge in [0.1, 0.15) is 11.7 Å². The highest BCUT2D eigenvalue weighted by Gasteiger charge is 2.32. The van der Waals surface area contributed by atoms with E-state index in [2.05, 4.69) is 65.4 Å². The lowest BCUT2D eigenvalue weighted by Crippen LogP contribution is -2.46. The number of hydrogen-bond donors (Lipinski definition) is 3. The molecule has 5 heterocycles. The van der Waals surface area contributed by atoms with Crippen LogP contribution in [0.1, 0.15) is 68.2 Å². The molecule has 17 heteroatoms. The molecule has 2 aromatic carbocycles. The van der Waals surface area contributed by atoms with Gasteiger partial charge in [-0.25, -0.2) is 9.78 Å². The van der Waals surface area contributed by atoms with Gasteiger partial charge in [0.05, 0.1) is 36.8 Å². The van der Waals surface area contributed by atoms with E-state index in [1.54, 1.807) is 17.8 Å². The van der Waals surface area contributed by atoms with Gasteiger partial charge >= 0.3 is 11.9 Å². The molecule has 14 nitrogen and oxygen atoms in total. The largest absolute Gasteiger partial charge is 0.393 e. The van der Waals surface area contributed by atoms with Gasteiger partial charge in [-0.3, -0.25) is 33.8 Å². The zero-order valence-corrected chi connectivity index (χ0v) is 33.1. The second-order valence-electron chi connectivity index (χ2n) is 16.0. The molecule has 0 radical (unpaired) electrons. The first-order valence-electron chi connectivity index (χ1n) is 20.4.